The summed E-state index contributed by atoms with van der Waals surface area (Å²) in [7, 11) is -2.83. The molecule has 0 atom stereocenters. The van der Waals surface area contributed by atoms with Crippen molar-refractivity contribution in [2.24, 2.45) is 0 Å². The van der Waals surface area contributed by atoms with E-state index in [4.69, 9.17) is 19.6 Å². The molecule has 0 bridgehead atoms. The zero-order chi connectivity index (χ0) is 5.41. The average Bonchev–Trinajstić information content (AvgIpc) is 1.39. The van der Waals surface area contributed by atoms with Crippen LogP contribution in [0.4, 0.5) is 0 Å². The monoisotopic (exact) mass is 231 g/mol. The van der Waals surface area contributed by atoms with Crippen LogP contribution in [0.25, 0.3) is 0 Å². The fourth-order valence-electron chi connectivity index (χ4n) is 0. The van der Waals surface area contributed by atoms with Crippen LogP contribution in [0.15, 0.2) is 0 Å². The maximum absolute atomic E-state index is 8.40. The predicted molar refractivity (Wildman–Crippen MR) is 16.6 cm³/mol. The molecule has 0 saturated heterocycles. The summed E-state index contributed by atoms with van der Waals surface area (Å²) in [5, 5.41) is 0. The smallest absolute Gasteiger partial charge is 0.844 e. The second-order valence-corrected chi connectivity index (χ2v) is 0.500. The molecule has 0 unspecified atom stereocenters. The van der Waals surface area contributed by atoms with E-state index in [1.807, 2.05) is 0 Å². The molecule has 4 nitrogen and oxygen atoms in total. The van der Waals surface area contributed by atoms with Gasteiger partial charge >= 0.3 is 19.5 Å². The summed E-state index contributed by atoms with van der Waals surface area (Å²) in [6, 6.07) is 0. The summed E-state index contributed by atoms with van der Waals surface area (Å²) in [4.78, 5) is 33.6. The molecule has 1 radical (unpaired) electrons. The van der Waals surface area contributed by atoms with Crippen LogP contribution in [0.3, 0.4) is 0 Å². The van der Waals surface area contributed by atoms with Gasteiger partial charge in [0.15, 0.2) is 0 Å². The molecule has 0 saturated carbocycles. The second-order valence-electron chi connectivity index (χ2n) is 0.167. The van der Waals surface area contributed by atoms with Crippen LogP contribution in [-0.2, 0) is 19.5 Å². The molecule has 0 spiro atoms. The first-order valence-corrected chi connectivity index (χ1v) is 2.45. The molecule has 7 heteroatoms. The van der Waals surface area contributed by atoms with E-state index in [2.05, 4.69) is 0 Å². The van der Waals surface area contributed by atoms with E-state index in [9.17, 15) is 0 Å². The first-order chi connectivity index (χ1) is 2.83. The summed E-state index contributed by atoms with van der Waals surface area (Å²) in [6.45, 7) is 0. The molecular weight excluding hydrogens is 229 g/mol. The first-order valence-electron chi connectivity index (χ1n) is 0.816. The summed E-state index contributed by atoms with van der Waals surface area (Å²) < 4.78 is 0. The Hall–Kier alpha value is 1.32. The van der Waals surface area contributed by atoms with Gasteiger partial charge in [-0.3, -0.25) is 0 Å². The summed E-state index contributed by atoms with van der Waals surface area (Å²) >= 11 is 0. The quantitative estimate of drug-likeness (QED) is 0.318. The first kappa shape index (κ1) is 15.8. The van der Waals surface area contributed by atoms with Crippen LogP contribution in [0, 0.1) is 0 Å². The molecule has 0 fully saturated rings. The van der Waals surface area contributed by atoms with Gasteiger partial charge in [0.1, 0.15) is 0 Å². The fraction of sp³-hybridized carbons (Fsp3) is 0. The van der Waals surface area contributed by atoms with Crippen LogP contribution >= 0.6 is 18.1 Å². The second kappa shape index (κ2) is 26.5. The van der Waals surface area contributed by atoms with Crippen molar-refractivity contribution in [3.63, 3.8) is 0 Å². The minimum atomic E-state index is -1.42. The van der Waals surface area contributed by atoms with E-state index in [1.54, 1.807) is 0 Å². The van der Waals surface area contributed by atoms with E-state index in [-0.39, 0.29) is 19.5 Å². The van der Waals surface area contributed by atoms with Gasteiger partial charge < -0.3 is 37.6 Å². The maximum atomic E-state index is 8.40. The van der Waals surface area contributed by atoms with Crippen molar-refractivity contribution in [1.82, 2.24) is 0 Å². The number of rotatable bonds is 0. The zero-order valence-corrected chi connectivity index (χ0v) is 6.61. The van der Waals surface area contributed by atoms with Crippen LogP contribution in [0.2, 0.25) is 0 Å². The Morgan fingerprint density at radius 3 is 0.714 bits per heavy atom. The van der Waals surface area contributed by atoms with Crippen LogP contribution < -0.4 is 19.6 Å². The molecule has 0 aromatic carbocycles. The Kier molecular flexibility index (Phi) is 59.7. The van der Waals surface area contributed by atoms with Crippen molar-refractivity contribution >= 4 is 18.1 Å². The van der Waals surface area contributed by atoms with E-state index in [1.165, 1.54) is 0 Å². The van der Waals surface area contributed by atoms with Crippen molar-refractivity contribution in [3.8, 4) is 0 Å². The van der Waals surface area contributed by atoms with Gasteiger partial charge in [0.2, 0.25) is 0 Å². The fourth-order valence-corrected chi connectivity index (χ4v) is 0. The van der Waals surface area contributed by atoms with Crippen LogP contribution in [0.1, 0.15) is 0 Å². The molecule has 0 aromatic heterocycles. The van der Waals surface area contributed by atoms with Gasteiger partial charge in [-0.1, -0.05) is 0 Å². The molecule has 45 valence electrons. The molecule has 0 N–H and O–H groups in total. The van der Waals surface area contributed by atoms with E-state index >= 15 is 0 Å². The van der Waals surface area contributed by atoms with Gasteiger partial charge in [0.05, 0.1) is 0 Å². The minimum Gasteiger partial charge on any atom is -0.844 e. The van der Waals surface area contributed by atoms with Crippen molar-refractivity contribution in [2.75, 3.05) is 0 Å². The summed E-state index contributed by atoms with van der Waals surface area (Å²) in [5.41, 5.74) is 0. The van der Waals surface area contributed by atoms with Crippen molar-refractivity contribution < 1.29 is 39.1 Å². The van der Waals surface area contributed by atoms with Crippen LogP contribution in [0.5, 0.6) is 0 Å². The molecule has 0 aliphatic rings. The van der Waals surface area contributed by atoms with E-state index in [0.717, 1.165) is 0 Å². The molecule has 0 aliphatic heterocycles. The summed E-state index contributed by atoms with van der Waals surface area (Å²) in [6.07, 6.45) is 0. The molecular formula is H2O4P2Rh. The van der Waals surface area contributed by atoms with Gasteiger partial charge in [-0.2, -0.15) is 0 Å². The van der Waals surface area contributed by atoms with Crippen molar-refractivity contribution in [3.05, 3.63) is 0 Å². The van der Waals surface area contributed by atoms with Crippen molar-refractivity contribution in [2.45, 2.75) is 0 Å². The zero-order valence-electron chi connectivity index (χ0n) is 2.97. The Balaban J connectivity index is -0.0000000400. The Morgan fingerprint density at radius 1 is 0.714 bits per heavy atom. The third-order valence-electron chi connectivity index (χ3n) is 0. The Bertz CT molecular complexity index is 11.7. The van der Waals surface area contributed by atoms with Gasteiger partial charge in [-0.25, -0.2) is 0 Å². The van der Waals surface area contributed by atoms with E-state index < -0.39 is 18.1 Å². The largest absolute Gasteiger partial charge is 4.00 e. The van der Waals surface area contributed by atoms with Crippen molar-refractivity contribution in [1.29, 1.82) is 0 Å². The Labute approximate surface area is 57.6 Å². The minimum absolute atomic E-state index is 0. The third kappa shape index (κ3) is 119. The molecule has 0 rings (SSSR count). The Morgan fingerprint density at radius 2 is 0.714 bits per heavy atom. The third-order valence-corrected chi connectivity index (χ3v) is 0. The van der Waals surface area contributed by atoms with Gasteiger partial charge in [0.25, 0.3) is 0 Å². The summed E-state index contributed by atoms with van der Waals surface area (Å²) in [5.74, 6) is 0. The predicted octanol–water partition coefficient (Wildman–Crippen LogP) is -3.57. The van der Waals surface area contributed by atoms with Gasteiger partial charge in [-0.05, 0) is 0 Å². The van der Waals surface area contributed by atoms with Gasteiger partial charge in [0, 0.05) is 0 Å². The number of hydrogen-bond donors (Lipinski definition) is 0. The number of hydrogen-bond acceptors (Lipinski definition) is 4. The topological polar surface area (TPSA) is 92.2 Å². The van der Waals surface area contributed by atoms with Gasteiger partial charge in [-0.15, -0.1) is 0 Å². The standard InChI is InChI=1S/2HO2P.Rh/c2*1-3-2;/h2*3H;/q2*-2;+4. The normalized spacial score (nSPS) is 5.14. The average molecular weight is 231 g/mol. The molecule has 0 amide bonds. The van der Waals surface area contributed by atoms with E-state index in [0.29, 0.717) is 0 Å². The maximum Gasteiger partial charge on any atom is 4.00 e. The molecule has 0 heterocycles. The molecule has 0 aromatic rings. The van der Waals surface area contributed by atoms with Crippen LogP contribution in [-0.4, -0.2) is 0 Å². The molecule has 7 heavy (non-hydrogen) atoms. The molecule has 0 aliphatic carbocycles. The SMILES string of the molecule is [O-]P[O-].[O-]P[O-].[Rh+4].